The minimum Gasteiger partial charge on any atom is -0.355 e. The molecule has 0 spiro atoms. The van der Waals surface area contributed by atoms with Crippen LogP contribution in [0.1, 0.15) is 16.1 Å². The maximum atomic E-state index is 12.1. The summed E-state index contributed by atoms with van der Waals surface area (Å²) in [6.45, 7) is 0. The van der Waals surface area contributed by atoms with Crippen molar-refractivity contribution in [2.24, 2.45) is 0 Å². The number of halogens is 3. The summed E-state index contributed by atoms with van der Waals surface area (Å²) >= 11 is 0. The van der Waals surface area contributed by atoms with Crippen molar-refractivity contribution in [3.05, 3.63) is 29.6 Å². The van der Waals surface area contributed by atoms with E-state index in [0.717, 1.165) is 6.20 Å². The summed E-state index contributed by atoms with van der Waals surface area (Å²) in [5.41, 5.74) is -1.13. The van der Waals surface area contributed by atoms with Crippen molar-refractivity contribution in [2.45, 2.75) is 6.18 Å². The molecule has 14 heavy (non-hydrogen) atoms. The van der Waals surface area contributed by atoms with Crippen LogP contribution in [0.4, 0.5) is 13.2 Å². The Kier molecular flexibility index (Phi) is 2.73. The molecule has 0 atom stereocenters. The minimum atomic E-state index is -4.52. The Bertz CT molecular complexity index is 349. The van der Waals surface area contributed by atoms with Crippen LogP contribution in [0.15, 0.2) is 18.3 Å². The van der Waals surface area contributed by atoms with Crippen molar-refractivity contribution in [3.8, 4) is 0 Å². The molecule has 3 nitrogen and oxygen atoms in total. The lowest BCUT2D eigenvalue weighted by atomic mass is 10.2. The Morgan fingerprint density at radius 2 is 2.14 bits per heavy atom. The van der Waals surface area contributed by atoms with Gasteiger partial charge in [-0.05, 0) is 12.1 Å². The molecule has 1 aromatic heterocycles. The van der Waals surface area contributed by atoms with Crippen LogP contribution in [-0.4, -0.2) is 17.9 Å². The molecule has 0 unspecified atom stereocenters. The van der Waals surface area contributed by atoms with Crippen LogP contribution in [0.3, 0.4) is 0 Å². The molecule has 0 radical (unpaired) electrons. The van der Waals surface area contributed by atoms with Crippen LogP contribution in [0.25, 0.3) is 0 Å². The number of aromatic nitrogens is 1. The zero-order chi connectivity index (χ0) is 10.8. The summed E-state index contributed by atoms with van der Waals surface area (Å²) in [7, 11) is 1.34. The second-order valence-corrected chi connectivity index (χ2v) is 2.51. The molecule has 0 aliphatic rings. The average Bonchev–Trinajstić information content (AvgIpc) is 2.15. The molecule has 0 aliphatic heterocycles. The molecule has 76 valence electrons. The second kappa shape index (κ2) is 3.65. The van der Waals surface area contributed by atoms with Gasteiger partial charge in [0.1, 0.15) is 5.69 Å². The molecular formula is C8H7F3N2O. The van der Waals surface area contributed by atoms with Gasteiger partial charge in [0.15, 0.2) is 0 Å². The predicted octanol–water partition coefficient (Wildman–Crippen LogP) is 1.46. The first-order valence-corrected chi connectivity index (χ1v) is 3.70. The molecule has 0 fully saturated rings. The fourth-order valence-corrected chi connectivity index (χ4v) is 0.871. The Morgan fingerprint density at radius 1 is 1.50 bits per heavy atom. The van der Waals surface area contributed by atoms with E-state index in [2.05, 4.69) is 10.3 Å². The van der Waals surface area contributed by atoms with Crippen molar-refractivity contribution in [1.29, 1.82) is 0 Å². The van der Waals surface area contributed by atoms with Gasteiger partial charge < -0.3 is 5.32 Å². The number of rotatable bonds is 1. The van der Waals surface area contributed by atoms with Gasteiger partial charge in [0.05, 0.1) is 0 Å². The normalized spacial score (nSPS) is 11.1. The van der Waals surface area contributed by atoms with Gasteiger partial charge in [0, 0.05) is 18.8 Å². The number of alkyl halides is 3. The Labute approximate surface area is 78.0 Å². The van der Waals surface area contributed by atoms with E-state index in [9.17, 15) is 18.0 Å². The lowest BCUT2D eigenvalue weighted by Gasteiger charge is -2.06. The first kappa shape index (κ1) is 10.5. The smallest absolute Gasteiger partial charge is 0.355 e. The van der Waals surface area contributed by atoms with E-state index in [1.54, 1.807) is 0 Å². The van der Waals surface area contributed by atoms with Gasteiger partial charge >= 0.3 is 6.18 Å². The molecule has 0 saturated carbocycles. The van der Waals surface area contributed by atoms with E-state index in [1.165, 1.54) is 13.1 Å². The first-order chi connectivity index (χ1) is 6.45. The van der Waals surface area contributed by atoms with Gasteiger partial charge in [-0.25, -0.2) is 0 Å². The maximum Gasteiger partial charge on any atom is 0.433 e. The lowest BCUT2D eigenvalue weighted by Crippen LogP contribution is -2.19. The number of carbonyl (C=O) groups excluding carboxylic acids is 1. The molecule has 0 aromatic carbocycles. The van der Waals surface area contributed by atoms with E-state index in [0.29, 0.717) is 6.07 Å². The molecule has 1 amide bonds. The van der Waals surface area contributed by atoms with Gasteiger partial charge in [0.2, 0.25) is 0 Å². The summed E-state index contributed by atoms with van der Waals surface area (Å²) in [5, 5.41) is 2.23. The molecule has 1 aromatic rings. The van der Waals surface area contributed by atoms with Crippen molar-refractivity contribution in [2.75, 3.05) is 7.05 Å². The molecule has 0 aliphatic carbocycles. The van der Waals surface area contributed by atoms with Crippen molar-refractivity contribution >= 4 is 5.91 Å². The van der Waals surface area contributed by atoms with Crippen molar-refractivity contribution in [1.82, 2.24) is 10.3 Å². The molecule has 6 heteroatoms. The molecule has 0 bridgehead atoms. The summed E-state index contributed by atoms with van der Waals surface area (Å²) in [5.74, 6) is -0.571. The van der Waals surface area contributed by atoms with Crippen LogP contribution >= 0.6 is 0 Å². The van der Waals surface area contributed by atoms with E-state index in [4.69, 9.17) is 0 Å². The zero-order valence-corrected chi connectivity index (χ0v) is 7.22. The quantitative estimate of drug-likeness (QED) is 0.752. The summed E-state index contributed by atoms with van der Waals surface area (Å²) in [4.78, 5) is 14.1. The highest BCUT2D eigenvalue weighted by Gasteiger charge is 2.32. The highest BCUT2D eigenvalue weighted by Crippen LogP contribution is 2.27. The van der Waals surface area contributed by atoms with E-state index in [-0.39, 0.29) is 5.56 Å². The Balaban J connectivity index is 3.08. The van der Waals surface area contributed by atoms with Crippen LogP contribution in [0.2, 0.25) is 0 Å². The van der Waals surface area contributed by atoms with E-state index < -0.39 is 17.8 Å². The number of pyridine rings is 1. The third-order valence-electron chi connectivity index (χ3n) is 1.54. The van der Waals surface area contributed by atoms with E-state index in [1.807, 2.05) is 0 Å². The van der Waals surface area contributed by atoms with Gasteiger partial charge in [-0.3, -0.25) is 9.78 Å². The zero-order valence-electron chi connectivity index (χ0n) is 7.22. The molecular weight excluding hydrogens is 197 g/mol. The highest BCUT2D eigenvalue weighted by atomic mass is 19.4. The van der Waals surface area contributed by atoms with Gasteiger partial charge in [-0.2, -0.15) is 13.2 Å². The number of amides is 1. The van der Waals surface area contributed by atoms with Gasteiger partial charge in [-0.15, -0.1) is 0 Å². The summed E-state index contributed by atoms with van der Waals surface area (Å²) in [6.07, 6.45) is -3.57. The maximum absolute atomic E-state index is 12.1. The van der Waals surface area contributed by atoms with Crippen LogP contribution < -0.4 is 5.32 Å². The molecule has 1 heterocycles. The first-order valence-electron chi connectivity index (χ1n) is 3.70. The predicted molar refractivity (Wildman–Crippen MR) is 42.6 cm³/mol. The molecule has 1 N–H and O–H groups in total. The number of nitrogens with zero attached hydrogens (tertiary/aromatic N) is 1. The lowest BCUT2D eigenvalue weighted by molar-refractivity contribution is -0.141. The minimum absolute atomic E-state index is 0.0603. The Hall–Kier alpha value is -1.59. The summed E-state index contributed by atoms with van der Waals surface area (Å²) in [6, 6.07) is 1.92. The number of carbonyl (C=O) groups is 1. The SMILES string of the molecule is CNC(=O)c1ccnc(C(F)(F)F)c1. The van der Waals surface area contributed by atoms with Gasteiger partial charge in [0.25, 0.3) is 5.91 Å². The van der Waals surface area contributed by atoms with Crippen LogP contribution in [0.5, 0.6) is 0 Å². The van der Waals surface area contributed by atoms with Gasteiger partial charge in [-0.1, -0.05) is 0 Å². The fourth-order valence-electron chi connectivity index (χ4n) is 0.871. The third kappa shape index (κ3) is 2.21. The fraction of sp³-hybridized carbons (Fsp3) is 0.250. The summed E-state index contributed by atoms with van der Waals surface area (Å²) < 4.78 is 36.4. The number of hydrogen-bond donors (Lipinski definition) is 1. The van der Waals surface area contributed by atoms with Crippen molar-refractivity contribution in [3.63, 3.8) is 0 Å². The third-order valence-corrected chi connectivity index (χ3v) is 1.54. The number of hydrogen-bond acceptors (Lipinski definition) is 2. The monoisotopic (exact) mass is 204 g/mol. The number of nitrogens with one attached hydrogen (secondary N) is 1. The van der Waals surface area contributed by atoms with Crippen LogP contribution in [-0.2, 0) is 6.18 Å². The molecule has 1 rings (SSSR count). The Morgan fingerprint density at radius 3 is 2.64 bits per heavy atom. The second-order valence-electron chi connectivity index (χ2n) is 2.51. The molecule has 0 saturated heterocycles. The van der Waals surface area contributed by atoms with Crippen LogP contribution in [0, 0.1) is 0 Å². The topological polar surface area (TPSA) is 42.0 Å². The largest absolute Gasteiger partial charge is 0.433 e. The highest BCUT2D eigenvalue weighted by molar-refractivity contribution is 5.93. The standard InChI is InChI=1S/C8H7F3N2O/c1-12-7(14)5-2-3-13-6(4-5)8(9,10)11/h2-4H,1H3,(H,12,14). The van der Waals surface area contributed by atoms with E-state index >= 15 is 0 Å². The van der Waals surface area contributed by atoms with Crippen molar-refractivity contribution < 1.29 is 18.0 Å². The average molecular weight is 204 g/mol.